The highest BCUT2D eigenvalue weighted by molar-refractivity contribution is 6.35. The van der Waals surface area contributed by atoms with Gasteiger partial charge < -0.3 is 25.3 Å². The number of nitrogens with one attached hydrogen (secondary N) is 4. The topological polar surface area (TPSA) is 70.3 Å². The molecule has 0 saturated carbocycles. The van der Waals surface area contributed by atoms with Crippen molar-refractivity contribution < 1.29 is 19.4 Å². The van der Waals surface area contributed by atoms with Crippen LogP contribution in [-0.4, -0.2) is 71.7 Å². The van der Waals surface area contributed by atoms with Gasteiger partial charge in [0, 0.05) is 38.2 Å². The Morgan fingerprint density at radius 3 is 2.17 bits per heavy atom. The number of likely N-dealkylation sites (N-methyl/N-ethyl adjacent to an activating group) is 1. The molecule has 1 aliphatic rings. The van der Waals surface area contributed by atoms with Gasteiger partial charge in [-0.05, 0) is 26.0 Å². The van der Waals surface area contributed by atoms with Crippen LogP contribution in [0.4, 0.5) is 5.69 Å². The normalized spacial score (nSPS) is 15.3. The zero-order valence-electron chi connectivity index (χ0n) is 18.5. The van der Waals surface area contributed by atoms with Gasteiger partial charge >= 0.3 is 11.8 Å². The van der Waals surface area contributed by atoms with E-state index in [4.69, 9.17) is 0 Å². The number of hydrogen-bond acceptors (Lipinski definition) is 3. The molecule has 0 unspecified atom stereocenters. The Kier molecular flexibility index (Phi) is 9.41. The molecule has 0 bridgehead atoms. The summed E-state index contributed by atoms with van der Waals surface area (Å²) in [6.45, 7) is 10.3. The monoisotopic (exact) mass is 405 g/mol. The first-order valence-electron chi connectivity index (χ1n) is 11.0. The Balaban J connectivity index is 1.91. The highest BCUT2D eigenvalue weighted by atomic mass is 16.2. The number of anilines is 1. The van der Waals surface area contributed by atoms with E-state index < -0.39 is 11.8 Å². The lowest BCUT2D eigenvalue weighted by Gasteiger charge is -2.25. The maximum absolute atomic E-state index is 12.3. The predicted octanol–water partition coefficient (Wildman–Crippen LogP) is -1.37. The van der Waals surface area contributed by atoms with Gasteiger partial charge in [-0.15, -0.1) is 0 Å². The number of nitrogens with zero attached hydrogens (tertiary/aromatic N) is 1. The van der Waals surface area contributed by atoms with Crippen molar-refractivity contribution in [3.63, 3.8) is 0 Å². The minimum atomic E-state index is -0.534. The summed E-state index contributed by atoms with van der Waals surface area (Å²) < 4.78 is 0. The third-order valence-corrected chi connectivity index (χ3v) is 5.99. The van der Waals surface area contributed by atoms with Crippen molar-refractivity contribution in [1.82, 2.24) is 10.6 Å². The third kappa shape index (κ3) is 7.01. The quantitative estimate of drug-likeness (QED) is 0.363. The molecule has 29 heavy (non-hydrogen) atoms. The Hall–Kier alpha value is -2.12. The summed E-state index contributed by atoms with van der Waals surface area (Å²) in [7, 11) is 4.05. The molecule has 2 rings (SSSR count). The molecule has 1 heterocycles. The molecule has 1 saturated heterocycles. The number of quaternary nitrogens is 2. The maximum Gasteiger partial charge on any atom is 0.309 e. The van der Waals surface area contributed by atoms with Crippen LogP contribution in [0, 0.1) is 0 Å². The fourth-order valence-corrected chi connectivity index (χ4v) is 3.99. The van der Waals surface area contributed by atoms with E-state index in [1.54, 1.807) is 0 Å². The number of amides is 2. The molecule has 4 N–H and O–H groups in total. The van der Waals surface area contributed by atoms with E-state index in [1.807, 2.05) is 14.1 Å². The first-order valence-corrected chi connectivity index (χ1v) is 11.0. The van der Waals surface area contributed by atoms with Gasteiger partial charge in [-0.1, -0.05) is 12.1 Å². The number of likely N-dealkylation sites (tertiary alicyclic amines) is 1. The van der Waals surface area contributed by atoms with Gasteiger partial charge in [-0.25, -0.2) is 0 Å². The largest absolute Gasteiger partial charge is 0.378 e. The molecule has 0 radical (unpaired) electrons. The maximum atomic E-state index is 12.3. The molecule has 1 aliphatic heterocycles. The Morgan fingerprint density at radius 1 is 1.03 bits per heavy atom. The van der Waals surface area contributed by atoms with Gasteiger partial charge in [-0.3, -0.25) is 9.59 Å². The lowest BCUT2D eigenvalue weighted by Crippen LogP contribution is -3.12. The fourth-order valence-electron chi connectivity index (χ4n) is 3.99. The van der Waals surface area contributed by atoms with E-state index in [1.165, 1.54) is 28.2 Å². The van der Waals surface area contributed by atoms with E-state index in [-0.39, 0.29) is 6.04 Å². The minimum absolute atomic E-state index is 0.172. The van der Waals surface area contributed by atoms with Crippen LogP contribution in [0.2, 0.25) is 0 Å². The van der Waals surface area contributed by atoms with E-state index in [2.05, 4.69) is 53.6 Å². The van der Waals surface area contributed by atoms with Crippen molar-refractivity contribution in [2.75, 3.05) is 64.8 Å². The van der Waals surface area contributed by atoms with Crippen molar-refractivity contribution in [2.45, 2.75) is 32.7 Å². The summed E-state index contributed by atoms with van der Waals surface area (Å²) in [6, 6.07) is 8.68. The summed E-state index contributed by atoms with van der Waals surface area (Å²) >= 11 is 0. The van der Waals surface area contributed by atoms with Gasteiger partial charge in [0.1, 0.15) is 6.04 Å². The van der Waals surface area contributed by atoms with Crippen LogP contribution in [0.5, 0.6) is 0 Å². The van der Waals surface area contributed by atoms with Crippen LogP contribution >= 0.6 is 0 Å². The van der Waals surface area contributed by atoms with E-state index >= 15 is 0 Å². The average molecular weight is 406 g/mol. The van der Waals surface area contributed by atoms with Gasteiger partial charge in [-0.2, -0.15) is 0 Å². The first-order chi connectivity index (χ1) is 14.0. The molecule has 7 nitrogen and oxygen atoms in total. The van der Waals surface area contributed by atoms with Crippen molar-refractivity contribution in [3.05, 3.63) is 29.8 Å². The molecule has 7 heteroatoms. The van der Waals surface area contributed by atoms with Crippen molar-refractivity contribution in [1.29, 1.82) is 0 Å². The van der Waals surface area contributed by atoms with Crippen molar-refractivity contribution in [3.8, 4) is 0 Å². The van der Waals surface area contributed by atoms with Gasteiger partial charge in [0.05, 0.1) is 45.8 Å². The molecular weight excluding hydrogens is 366 g/mol. The molecule has 162 valence electrons. The molecule has 1 aromatic rings. The van der Waals surface area contributed by atoms with E-state index in [0.29, 0.717) is 13.1 Å². The smallest absolute Gasteiger partial charge is 0.309 e. The lowest BCUT2D eigenvalue weighted by atomic mass is 10.0. The number of benzene rings is 1. The van der Waals surface area contributed by atoms with E-state index in [0.717, 1.165) is 38.4 Å². The Morgan fingerprint density at radius 2 is 1.62 bits per heavy atom. The summed E-state index contributed by atoms with van der Waals surface area (Å²) in [4.78, 5) is 29.4. The fraction of sp³-hybridized carbons (Fsp3) is 0.636. The molecule has 0 aliphatic carbocycles. The summed E-state index contributed by atoms with van der Waals surface area (Å²) in [5.41, 5.74) is 2.36. The van der Waals surface area contributed by atoms with Gasteiger partial charge in [0.15, 0.2) is 0 Å². The minimum Gasteiger partial charge on any atom is -0.378 e. The summed E-state index contributed by atoms with van der Waals surface area (Å²) in [5.74, 6) is -1.07. The molecule has 0 aromatic heterocycles. The van der Waals surface area contributed by atoms with Crippen molar-refractivity contribution >= 4 is 17.5 Å². The number of rotatable bonds is 10. The number of carbonyl (C=O) groups is 2. The van der Waals surface area contributed by atoms with Crippen LogP contribution in [0.15, 0.2) is 24.3 Å². The van der Waals surface area contributed by atoms with E-state index in [9.17, 15) is 9.59 Å². The van der Waals surface area contributed by atoms with Gasteiger partial charge in [0.25, 0.3) is 0 Å². The standard InChI is InChI=1S/C22H37N5O2/c1-5-26(6-2)16-13-23-21(28)22(29)24-17-20(27-14-7-8-15-27)18-9-11-19(12-10-18)25(3)4/h9-12,20H,5-8,13-17H2,1-4H3,(H,23,28)(H,24,29)/p+2/t20-/m0/s1. The Labute approximate surface area is 175 Å². The lowest BCUT2D eigenvalue weighted by molar-refractivity contribution is -0.918. The second-order valence-electron chi connectivity index (χ2n) is 8.08. The molecule has 1 atom stereocenters. The molecular formula is C22H39N5O2+2. The van der Waals surface area contributed by atoms with Crippen LogP contribution in [0.3, 0.4) is 0 Å². The molecule has 1 aromatic carbocycles. The molecule has 1 fully saturated rings. The molecule has 0 spiro atoms. The van der Waals surface area contributed by atoms with Crippen LogP contribution in [0.1, 0.15) is 38.3 Å². The predicted molar refractivity (Wildman–Crippen MR) is 116 cm³/mol. The highest BCUT2D eigenvalue weighted by Gasteiger charge is 2.28. The number of carbonyl (C=O) groups excluding carboxylic acids is 2. The second-order valence-corrected chi connectivity index (χ2v) is 8.08. The second kappa shape index (κ2) is 11.8. The SMILES string of the molecule is CC[NH+](CC)CCNC(=O)C(=O)NC[C@@H](c1ccc(N(C)C)cc1)[NH+]1CCCC1. The first kappa shape index (κ1) is 23.2. The number of hydrogen-bond donors (Lipinski definition) is 4. The molecule has 2 amide bonds. The van der Waals surface area contributed by atoms with Crippen molar-refractivity contribution in [2.24, 2.45) is 0 Å². The summed E-state index contributed by atoms with van der Waals surface area (Å²) in [5, 5.41) is 5.62. The summed E-state index contributed by atoms with van der Waals surface area (Å²) in [6.07, 6.45) is 2.42. The zero-order valence-corrected chi connectivity index (χ0v) is 18.5. The third-order valence-electron chi connectivity index (χ3n) is 5.99. The van der Waals surface area contributed by atoms with Crippen LogP contribution in [0.25, 0.3) is 0 Å². The zero-order chi connectivity index (χ0) is 21.2. The average Bonchev–Trinajstić information content (AvgIpc) is 3.26. The van der Waals surface area contributed by atoms with Crippen LogP contribution in [-0.2, 0) is 9.59 Å². The Bertz CT molecular complexity index is 637. The van der Waals surface area contributed by atoms with Gasteiger partial charge in [0.2, 0.25) is 0 Å². The van der Waals surface area contributed by atoms with Crippen LogP contribution < -0.4 is 25.3 Å². The highest BCUT2D eigenvalue weighted by Crippen LogP contribution is 2.17.